The Morgan fingerprint density at radius 1 is 0.700 bits per heavy atom. The van der Waals surface area contributed by atoms with E-state index in [2.05, 4.69) is 13.8 Å². The zero-order chi connectivity index (χ0) is 14.9. The molecule has 122 valence electrons. The first-order valence-electron chi connectivity index (χ1n) is 7.80. The monoisotopic (exact) mass is 292 g/mol. The van der Waals surface area contributed by atoms with Crippen LogP contribution < -0.4 is 0 Å². The maximum absolute atomic E-state index is 8.50. The normalized spacial score (nSPS) is 11.4. The standard InChI is InChI=1S/C15H32O5/c1-3-5-15(6-4-2)20-14-13-19-12-11-18-10-9-17-8-7-16/h15-16H,3-14H2,1-2H3. The second-order valence-electron chi connectivity index (χ2n) is 4.63. The van der Waals surface area contributed by atoms with E-state index in [4.69, 9.17) is 24.1 Å². The molecule has 0 saturated carbocycles. The van der Waals surface area contributed by atoms with Crippen LogP contribution in [0.3, 0.4) is 0 Å². The molecule has 0 rings (SSSR count). The van der Waals surface area contributed by atoms with E-state index >= 15 is 0 Å². The Kier molecular flexibility index (Phi) is 16.7. The minimum absolute atomic E-state index is 0.0557. The van der Waals surface area contributed by atoms with E-state index in [0.29, 0.717) is 52.4 Å². The molecule has 5 heteroatoms. The molecule has 0 aromatic rings. The molecule has 0 aliphatic rings. The first kappa shape index (κ1) is 19.8. The molecule has 0 atom stereocenters. The van der Waals surface area contributed by atoms with Crippen LogP contribution in [-0.4, -0.2) is 64.1 Å². The van der Waals surface area contributed by atoms with Crippen molar-refractivity contribution < 1.29 is 24.1 Å². The van der Waals surface area contributed by atoms with Crippen molar-refractivity contribution in [2.45, 2.75) is 45.6 Å². The van der Waals surface area contributed by atoms with Gasteiger partial charge in [0.2, 0.25) is 0 Å². The lowest BCUT2D eigenvalue weighted by Gasteiger charge is -2.16. The molecular formula is C15H32O5. The third-order valence-electron chi connectivity index (χ3n) is 2.78. The Morgan fingerprint density at radius 2 is 1.15 bits per heavy atom. The van der Waals surface area contributed by atoms with Gasteiger partial charge >= 0.3 is 0 Å². The van der Waals surface area contributed by atoms with E-state index in [-0.39, 0.29) is 6.61 Å². The second-order valence-corrected chi connectivity index (χ2v) is 4.63. The van der Waals surface area contributed by atoms with Gasteiger partial charge in [0.15, 0.2) is 0 Å². The molecule has 0 bridgehead atoms. The molecule has 0 aliphatic carbocycles. The third-order valence-corrected chi connectivity index (χ3v) is 2.78. The van der Waals surface area contributed by atoms with Gasteiger partial charge in [-0.2, -0.15) is 0 Å². The fourth-order valence-electron chi connectivity index (χ4n) is 1.84. The highest BCUT2D eigenvalue weighted by atomic mass is 16.6. The van der Waals surface area contributed by atoms with Crippen LogP contribution in [-0.2, 0) is 18.9 Å². The molecule has 5 nitrogen and oxygen atoms in total. The summed E-state index contributed by atoms with van der Waals surface area (Å²) in [5.41, 5.74) is 0. The van der Waals surface area contributed by atoms with Gasteiger partial charge in [0.1, 0.15) is 0 Å². The summed E-state index contributed by atoms with van der Waals surface area (Å²) in [6, 6.07) is 0. The molecule has 0 aromatic heterocycles. The first-order chi connectivity index (χ1) is 9.85. The number of hydrogen-bond donors (Lipinski definition) is 1. The summed E-state index contributed by atoms with van der Waals surface area (Å²) in [5, 5.41) is 8.50. The third kappa shape index (κ3) is 14.2. The van der Waals surface area contributed by atoms with Gasteiger partial charge in [0.25, 0.3) is 0 Å². The number of ether oxygens (including phenoxy) is 4. The minimum atomic E-state index is 0.0557. The number of aliphatic hydroxyl groups excluding tert-OH is 1. The van der Waals surface area contributed by atoms with Crippen molar-refractivity contribution in [2.75, 3.05) is 52.9 Å². The Labute approximate surface area is 123 Å². The minimum Gasteiger partial charge on any atom is -0.394 e. The van der Waals surface area contributed by atoms with E-state index < -0.39 is 0 Å². The topological polar surface area (TPSA) is 57.2 Å². The molecule has 0 saturated heterocycles. The van der Waals surface area contributed by atoms with Crippen molar-refractivity contribution in [2.24, 2.45) is 0 Å². The van der Waals surface area contributed by atoms with Crippen molar-refractivity contribution >= 4 is 0 Å². The maximum Gasteiger partial charge on any atom is 0.0704 e. The highest BCUT2D eigenvalue weighted by molar-refractivity contribution is 4.56. The van der Waals surface area contributed by atoms with Gasteiger partial charge < -0.3 is 24.1 Å². The number of rotatable bonds is 16. The SMILES string of the molecule is CCCC(CCC)OCCOCCOCCOCCO. The quantitative estimate of drug-likeness (QED) is 0.441. The fraction of sp³-hybridized carbons (Fsp3) is 1.00. The van der Waals surface area contributed by atoms with E-state index in [1.54, 1.807) is 0 Å². The molecule has 20 heavy (non-hydrogen) atoms. The molecule has 0 aliphatic heterocycles. The Balaban J connectivity index is 3.18. The molecule has 1 N–H and O–H groups in total. The van der Waals surface area contributed by atoms with E-state index in [0.717, 1.165) is 25.7 Å². The average molecular weight is 292 g/mol. The van der Waals surface area contributed by atoms with Crippen LogP contribution in [0.2, 0.25) is 0 Å². The summed E-state index contributed by atoms with van der Waals surface area (Å²) in [6.45, 7) is 8.26. The number of aliphatic hydroxyl groups is 1. The molecular weight excluding hydrogens is 260 g/mol. The predicted molar refractivity (Wildman–Crippen MR) is 79.1 cm³/mol. The van der Waals surface area contributed by atoms with E-state index in [9.17, 15) is 0 Å². The summed E-state index contributed by atoms with van der Waals surface area (Å²) in [6.07, 6.45) is 4.97. The van der Waals surface area contributed by atoms with Gasteiger partial charge in [-0.05, 0) is 12.8 Å². The summed E-state index contributed by atoms with van der Waals surface area (Å²) in [7, 11) is 0. The molecule has 0 fully saturated rings. The van der Waals surface area contributed by atoms with Crippen LogP contribution in [0.25, 0.3) is 0 Å². The van der Waals surface area contributed by atoms with Gasteiger partial charge in [0.05, 0.1) is 59.0 Å². The second kappa shape index (κ2) is 16.9. The van der Waals surface area contributed by atoms with E-state index in [1.165, 1.54) is 0 Å². The lowest BCUT2D eigenvalue weighted by molar-refractivity contribution is -0.0239. The average Bonchev–Trinajstić information content (AvgIpc) is 2.45. The summed E-state index contributed by atoms with van der Waals surface area (Å²) in [5.74, 6) is 0. The summed E-state index contributed by atoms with van der Waals surface area (Å²) >= 11 is 0. The maximum atomic E-state index is 8.50. The van der Waals surface area contributed by atoms with Gasteiger partial charge in [-0.25, -0.2) is 0 Å². The van der Waals surface area contributed by atoms with Gasteiger partial charge in [-0.15, -0.1) is 0 Å². The zero-order valence-corrected chi connectivity index (χ0v) is 13.1. The van der Waals surface area contributed by atoms with Crippen LogP contribution in [0.4, 0.5) is 0 Å². The van der Waals surface area contributed by atoms with Gasteiger partial charge in [-0.3, -0.25) is 0 Å². The van der Waals surface area contributed by atoms with Crippen molar-refractivity contribution in [1.82, 2.24) is 0 Å². The lowest BCUT2D eigenvalue weighted by Crippen LogP contribution is -2.17. The highest BCUT2D eigenvalue weighted by Gasteiger charge is 2.05. The first-order valence-corrected chi connectivity index (χ1v) is 7.80. The molecule has 0 unspecified atom stereocenters. The van der Waals surface area contributed by atoms with Gasteiger partial charge in [0, 0.05) is 0 Å². The zero-order valence-electron chi connectivity index (χ0n) is 13.1. The van der Waals surface area contributed by atoms with Crippen molar-refractivity contribution in [1.29, 1.82) is 0 Å². The number of hydrogen-bond acceptors (Lipinski definition) is 5. The summed E-state index contributed by atoms with van der Waals surface area (Å²) < 4.78 is 21.6. The van der Waals surface area contributed by atoms with Crippen LogP contribution >= 0.6 is 0 Å². The molecule has 0 spiro atoms. The van der Waals surface area contributed by atoms with Crippen LogP contribution in [0.15, 0.2) is 0 Å². The smallest absolute Gasteiger partial charge is 0.0704 e. The lowest BCUT2D eigenvalue weighted by atomic mass is 10.1. The largest absolute Gasteiger partial charge is 0.394 e. The molecule has 0 amide bonds. The van der Waals surface area contributed by atoms with Crippen molar-refractivity contribution in [3.05, 3.63) is 0 Å². The summed E-state index contributed by atoms with van der Waals surface area (Å²) in [4.78, 5) is 0. The molecule has 0 radical (unpaired) electrons. The van der Waals surface area contributed by atoms with Crippen LogP contribution in [0.1, 0.15) is 39.5 Å². The molecule has 0 aromatic carbocycles. The van der Waals surface area contributed by atoms with Crippen LogP contribution in [0, 0.1) is 0 Å². The Hall–Kier alpha value is -0.200. The Bertz CT molecular complexity index is 172. The van der Waals surface area contributed by atoms with E-state index in [1.807, 2.05) is 0 Å². The Morgan fingerprint density at radius 3 is 1.60 bits per heavy atom. The van der Waals surface area contributed by atoms with Crippen molar-refractivity contribution in [3.63, 3.8) is 0 Å². The fourth-order valence-corrected chi connectivity index (χ4v) is 1.84. The van der Waals surface area contributed by atoms with Gasteiger partial charge in [-0.1, -0.05) is 26.7 Å². The predicted octanol–water partition coefficient (Wildman–Crippen LogP) is 2.01. The van der Waals surface area contributed by atoms with Crippen LogP contribution in [0.5, 0.6) is 0 Å². The molecule has 0 heterocycles. The van der Waals surface area contributed by atoms with Crippen molar-refractivity contribution in [3.8, 4) is 0 Å². The highest BCUT2D eigenvalue weighted by Crippen LogP contribution is 2.08.